The summed E-state index contributed by atoms with van der Waals surface area (Å²) in [5.41, 5.74) is 2.13. The number of nitrogens with one attached hydrogen (secondary N) is 1. The fourth-order valence-electron chi connectivity index (χ4n) is 2.20. The molecule has 0 fully saturated rings. The molecule has 1 unspecified atom stereocenters. The van der Waals surface area contributed by atoms with Crippen molar-refractivity contribution in [3.05, 3.63) is 23.0 Å². The number of ether oxygens (including phenoxy) is 1. The highest BCUT2D eigenvalue weighted by Gasteiger charge is 2.13. The Labute approximate surface area is 123 Å². The van der Waals surface area contributed by atoms with E-state index in [1.54, 1.807) is 0 Å². The highest BCUT2D eigenvalue weighted by molar-refractivity contribution is 7.99. The van der Waals surface area contributed by atoms with Gasteiger partial charge in [-0.2, -0.15) is 11.8 Å². The summed E-state index contributed by atoms with van der Waals surface area (Å²) in [4.78, 5) is 3.28. The van der Waals surface area contributed by atoms with Crippen molar-refractivity contribution in [3.8, 4) is 5.75 Å². The van der Waals surface area contributed by atoms with Crippen LogP contribution in [0.25, 0.3) is 11.0 Å². The number of hydrogen-bond acceptors (Lipinski definition) is 3. The second kappa shape index (κ2) is 6.48. The van der Waals surface area contributed by atoms with Crippen molar-refractivity contribution in [3.63, 3.8) is 0 Å². The summed E-state index contributed by atoms with van der Waals surface area (Å²) in [6.07, 6.45) is 0. The number of rotatable bonds is 6. The lowest BCUT2D eigenvalue weighted by molar-refractivity contribution is 0.343. The molecule has 0 aliphatic heterocycles. The van der Waals surface area contributed by atoms with Gasteiger partial charge in [0.05, 0.1) is 12.1 Å². The molecule has 0 radical (unpaired) electrons. The zero-order valence-corrected chi connectivity index (χ0v) is 13.2. The van der Waals surface area contributed by atoms with Crippen LogP contribution in [0.2, 0.25) is 0 Å². The summed E-state index contributed by atoms with van der Waals surface area (Å²) in [7, 11) is 0. The molecule has 104 valence electrons. The number of thioether (sulfide) groups is 1. The Balaban J connectivity index is 2.47. The monoisotopic (exact) mass is 296 g/mol. The highest BCUT2D eigenvalue weighted by Crippen LogP contribution is 2.28. The lowest BCUT2D eigenvalue weighted by atomic mass is 10.2. The Morgan fingerprint density at radius 2 is 2.21 bits per heavy atom. The summed E-state index contributed by atoms with van der Waals surface area (Å²) in [6, 6.07) is 6.47. The molecule has 0 bridgehead atoms. The third kappa shape index (κ3) is 2.98. The summed E-state index contributed by atoms with van der Waals surface area (Å²) in [6.45, 7) is 7.04. The molecule has 19 heavy (non-hydrogen) atoms. The van der Waals surface area contributed by atoms with E-state index in [1.807, 2.05) is 30.8 Å². The molecule has 5 heteroatoms. The van der Waals surface area contributed by atoms with Gasteiger partial charge < -0.3 is 14.3 Å². The minimum Gasteiger partial charge on any atom is -0.492 e. The maximum atomic E-state index is 5.65. The predicted octanol–water partition coefficient (Wildman–Crippen LogP) is 4.41. The molecule has 1 aromatic carbocycles. The Hall–Kier alpha value is -0.940. The Morgan fingerprint density at radius 1 is 1.42 bits per heavy atom. The molecule has 1 atom stereocenters. The van der Waals surface area contributed by atoms with Crippen LogP contribution in [0.5, 0.6) is 5.75 Å². The number of benzene rings is 1. The SMILES string of the molecule is CCOc1cccc2c1[nH]c(=S)n2C(C)CSCC. The normalized spacial score (nSPS) is 12.8. The van der Waals surface area contributed by atoms with Gasteiger partial charge in [-0.15, -0.1) is 0 Å². The Kier molecular flexibility index (Phi) is 4.93. The van der Waals surface area contributed by atoms with Crippen molar-refractivity contribution in [1.29, 1.82) is 0 Å². The maximum absolute atomic E-state index is 5.65. The molecule has 1 aromatic heterocycles. The number of aromatic nitrogens is 2. The van der Waals surface area contributed by atoms with Crippen LogP contribution >= 0.6 is 24.0 Å². The Morgan fingerprint density at radius 3 is 2.89 bits per heavy atom. The molecule has 0 aliphatic rings. The first kappa shape index (κ1) is 14.5. The minimum atomic E-state index is 0.378. The molecular formula is C14H20N2OS2. The van der Waals surface area contributed by atoms with Crippen molar-refractivity contribution < 1.29 is 4.74 Å². The summed E-state index contributed by atoms with van der Waals surface area (Å²) < 4.78 is 8.61. The molecule has 2 aromatic rings. The average molecular weight is 296 g/mol. The number of H-pyrrole nitrogens is 1. The third-order valence-corrected chi connectivity index (χ3v) is 4.44. The molecule has 1 N–H and O–H groups in total. The number of para-hydroxylation sites is 1. The largest absolute Gasteiger partial charge is 0.492 e. The molecular weight excluding hydrogens is 276 g/mol. The van der Waals surface area contributed by atoms with Crippen LogP contribution < -0.4 is 4.74 Å². The van der Waals surface area contributed by atoms with E-state index in [0.717, 1.165) is 33.1 Å². The first-order valence-electron chi connectivity index (χ1n) is 6.62. The van der Waals surface area contributed by atoms with Crippen LogP contribution in [-0.2, 0) is 0 Å². The maximum Gasteiger partial charge on any atom is 0.178 e. The molecule has 0 amide bonds. The minimum absolute atomic E-state index is 0.378. The van der Waals surface area contributed by atoms with E-state index in [9.17, 15) is 0 Å². The standard InChI is InChI=1S/C14H20N2OS2/c1-4-17-12-8-6-7-11-13(12)15-14(18)16(11)10(3)9-19-5-2/h6-8,10H,4-5,9H2,1-3H3,(H,15,18). The summed E-state index contributed by atoms with van der Waals surface area (Å²) in [5.74, 6) is 3.07. The average Bonchev–Trinajstić information content (AvgIpc) is 2.73. The number of imidazole rings is 1. The molecule has 0 saturated carbocycles. The summed E-state index contributed by atoms with van der Waals surface area (Å²) >= 11 is 7.40. The van der Waals surface area contributed by atoms with Crippen molar-refractivity contribution >= 4 is 35.0 Å². The van der Waals surface area contributed by atoms with Gasteiger partial charge in [-0.3, -0.25) is 0 Å². The van der Waals surface area contributed by atoms with Gasteiger partial charge in [-0.05, 0) is 44.0 Å². The van der Waals surface area contributed by atoms with Crippen LogP contribution in [-0.4, -0.2) is 27.7 Å². The lowest BCUT2D eigenvalue weighted by Crippen LogP contribution is -2.08. The van der Waals surface area contributed by atoms with E-state index in [4.69, 9.17) is 17.0 Å². The van der Waals surface area contributed by atoms with Gasteiger partial charge in [0.1, 0.15) is 11.3 Å². The van der Waals surface area contributed by atoms with Crippen molar-refractivity contribution in [2.45, 2.75) is 26.8 Å². The second-order valence-electron chi connectivity index (χ2n) is 4.39. The van der Waals surface area contributed by atoms with Gasteiger partial charge in [-0.25, -0.2) is 0 Å². The molecule has 3 nitrogen and oxygen atoms in total. The Bertz CT molecular complexity index is 603. The molecule has 1 heterocycles. The van der Waals surface area contributed by atoms with E-state index >= 15 is 0 Å². The van der Waals surface area contributed by atoms with Gasteiger partial charge in [0.2, 0.25) is 0 Å². The van der Waals surface area contributed by atoms with Gasteiger partial charge in [0.15, 0.2) is 4.77 Å². The molecule has 0 aliphatic carbocycles. The van der Waals surface area contributed by atoms with Crippen LogP contribution in [0.15, 0.2) is 18.2 Å². The topological polar surface area (TPSA) is 29.9 Å². The zero-order chi connectivity index (χ0) is 13.8. The zero-order valence-electron chi connectivity index (χ0n) is 11.6. The van der Waals surface area contributed by atoms with E-state index in [-0.39, 0.29) is 0 Å². The first-order chi connectivity index (χ1) is 9.19. The van der Waals surface area contributed by atoms with Crippen molar-refractivity contribution in [1.82, 2.24) is 9.55 Å². The van der Waals surface area contributed by atoms with Gasteiger partial charge in [-0.1, -0.05) is 13.0 Å². The fourth-order valence-corrected chi connectivity index (χ4v) is 3.31. The van der Waals surface area contributed by atoms with Crippen LogP contribution in [0.3, 0.4) is 0 Å². The number of nitrogens with zero attached hydrogens (tertiary/aromatic N) is 1. The van der Waals surface area contributed by atoms with Crippen LogP contribution in [0.1, 0.15) is 26.8 Å². The number of fused-ring (bicyclic) bond motifs is 1. The van der Waals surface area contributed by atoms with E-state index in [2.05, 4.69) is 29.5 Å². The number of hydrogen-bond donors (Lipinski definition) is 1. The van der Waals surface area contributed by atoms with Crippen LogP contribution in [0, 0.1) is 4.77 Å². The predicted molar refractivity (Wildman–Crippen MR) is 86.0 cm³/mol. The highest BCUT2D eigenvalue weighted by atomic mass is 32.2. The van der Waals surface area contributed by atoms with Gasteiger partial charge in [0, 0.05) is 11.8 Å². The van der Waals surface area contributed by atoms with Crippen LogP contribution in [0.4, 0.5) is 0 Å². The number of aromatic amines is 1. The summed E-state index contributed by atoms with van der Waals surface area (Å²) in [5, 5.41) is 0. The third-order valence-electron chi connectivity index (χ3n) is 3.02. The second-order valence-corrected chi connectivity index (χ2v) is 6.10. The smallest absolute Gasteiger partial charge is 0.178 e. The van der Waals surface area contributed by atoms with E-state index in [0.29, 0.717) is 12.6 Å². The lowest BCUT2D eigenvalue weighted by Gasteiger charge is -2.14. The van der Waals surface area contributed by atoms with Crippen molar-refractivity contribution in [2.75, 3.05) is 18.1 Å². The van der Waals surface area contributed by atoms with E-state index < -0.39 is 0 Å². The molecule has 0 spiro atoms. The van der Waals surface area contributed by atoms with E-state index in [1.165, 1.54) is 0 Å². The molecule has 2 rings (SSSR count). The fraction of sp³-hybridized carbons (Fsp3) is 0.500. The molecule has 0 saturated heterocycles. The quantitative estimate of drug-likeness (QED) is 0.801. The van der Waals surface area contributed by atoms with Crippen molar-refractivity contribution in [2.24, 2.45) is 0 Å². The first-order valence-corrected chi connectivity index (χ1v) is 8.19. The van der Waals surface area contributed by atoms with Gasteiger partial charge in [0.25, 0.3) is 0 Å². The van der Waals surface area contributed by atoms with Gasteiger partial charge >= 0.3 is 0 Å².